The highest BCUT2D eigenvalue weighted by molar-refractivity contribution is 7.92. The molecule has 1 atom stereocenters. The van der Waals surface area contributed by atoms with Crippen molar-refractivity contribution < 1.29 is 26.3 Å². The van der Waals surface area contributed by atoms with Gasteiger partial charge in [0.1, 0.15) is 23.4 Å². The number of epoxide rings is 1. The van der Waals surface area contributed by atoms with Crippen LogP contribution in [-0.2, 0) is 30.8 Å². The second-order valence-corrected chi connectivity index (χ2v) is 11.0. The van der Waals surface area contributed by atoms with Crippen LogP contribution in [0.15, 0.2) is 92.4 Å². The number of aryl methyl sites for hydroxylation is 1. The first-order valence-corrected chi connectivity index (χ1v) is 12.8. The summed E-state index contributed by atoms with van der Waals surface area (Å²) >= 11 is 0. The third-order valence-corrected chi connectivity index (χ3v) is 8.66. The van der Waals surface area contributed by atoms with E-state index in [2.05, 4.69) is 0 Å². The van der Waals surface area contributed by atoms with Gasteiger partial charge in [-0.1, -0.05) is 43.3 Å². The molecule has 1 unspecified atom stereocenters. The van der Waals surface area contributed by atoms with E-state index in [1.54, 1.807) is 36.4 Å². The van der Waals surface area contributed by atoms with Crippen LogP contribution < -0.4 is 4.74 Å². The molecule has 1 fully saturated rings. The first-order chi connectivity index (χ1) is 14.8. The molecule has 0 saturated carbocycles. The van der Waals surface area contributed by atoms with Crippen LogP contribution in [0.2, 0.25) is 0 Å². The number of hydrogen-bond donors (Lipinski definition) is 0. The summed E-state index contributed by atoms with van der Waals surface area (Å²) in [6, 6.07) is 18.6. The maximum Gasteiger partial charge on any atom is 0.210 e. The molecule has 0 aromatic heterocycles. The third-order valence-electron chi connectivity index (χ3n) is 5.02. The molecule has 0 radical (unpaired) electrons. The molecule has 6 nitrogen and oxygen atoms in total. The zero-order chi connectivity index (χ0) is 22.1. The van der Waals surface area contributed by atoms with Crippen LogP contribution in [0.1, 0.15) is 12.5 Å². The summed E-state index contributed by atoms with van der Waals surface area (Å²) in [5.74, 6) is 0.128. The van der Waals surface area contributed by atoms with Crippen LogP contribution in [0, 0.1) is 0 Å². The standard InChI is InChI=1S/C23H22O6S2/c1-2-17-13-21(29-16-18-15-28-18)23(31(26,27)20-11-7-4-8-12-20)14-22(17)30(24,25)19-9-5-3-6-10-19/h3-14,18H,2,15-16H2,1H3. The van der Waals surface area contributed by atoms with E-state index in [0.717, 1.165) is 0 Å². The van der Waals surface area contributed by atoms with Gasteiger partial charge < -0.3 is 9.47 Å². The average molecular weight is 459 g/mol. The predicted molar refractivity (Wildman–Crippen MR) is 115 cm³/mol. The summed E-state index contributed by atoms with van der Waals surface area (Å²) in [6.45, 7) is 2.58. The fraction of sp³-hybridized carbons (Fsp3) is 0.217. The molecule has 0 bridgehead atoms. The minimum absolute atomic E-state index is 0.0364. The van der Waals surface area contributed by atoms with Gasteiger partial charge in [0.25, 0.3) is 0 Å². The van der Waals surface area contributed by atoms with Gasteiger partial charge >= 0.3 is 0 Å². The Morgan fingerprint density at radius 1 is 0.839 bits per heavy atom. The first kappa shape index (κ1) is 21.5. The summed E-state index contributed by atoms with van der Waals surface area (Å²) in [4.78, 5) is -0.0422. The molecule has 0 spiro atoms. The Hall–Kier alpha value is -2.68. The number of benzene rings is 3. The van der Waals surface area contributed by atoms with Crippen molar-refractivity contribution in [3.63, 3.8) is 0 Å². The average Bonchev–Trinajstić information content (AvgIpc) is 3.62. The van der Waals surface area contributed by atoms with E-state index < -0.39 is 19.7 Å². The smallest absolute Gasteiger partial charge is 0.210 e. The lowest BCUT2D eigenvalue weighted by Crippen LogP contribution is -2.13. The van der Waals surface area contributed by atoms with Crippen LogP contribution in [0.4, 0.5) is 0 Å². The fourth-order valence-electron chi connectivity index (χ4n) is 3.23. The van der Waals surface area contributed by atoms with E-state index in [-0.39, 0.29) is 38.0 Å². The molecule has 0 amide bonds. The van der Waals surface area contributed by atoms with Crippen molar-refractivity contribution in [3.05, 3.63) is 78.4 Å². The highest BCUT2D eigenvalue weighted by Gasteiger charge is 2.30. The van der Waals surface area contributed by atoms with Crippen LogP contribution in [-0.4, -0.2) is 36.2 Å². The van der Waals surface area contributed by atoms with Crippen molar-refractivity contribution in [2.45, 2.75) is 39.0 Å². The van der Waals surface area contributed by atoms with Gasteiger partial charge in [-0.2, -0.15) is 0 Å². The predicted octanol–water partition coefficient (Wildman–Crippen LogP) is 3.69. The number of ether oxygens (including phenoxy) is 2. The lowest BCUT2D eigenvalue weighted by Gasteiger charge is -2.17. The fourth-order valence-corrected chi connectivity index (χ4v) is 6.32. The van der Waals surface area contributed by atoms with Crippen LogP contribution in [0.5, 0.6) is 5.75 Å². The van der Waals surface area contributed by atoms with E-state index in [1.807, 2.05) is 6.92 Å². The van der Waals surface area contributed by atoms with Crippen LogP contribution in [0.25, 0.3) is 0 Å². The van der Waals surface area contributed by atoms with E-state index in [4.69, 9.17) is 9.47 Å². The van der Waals surface area contributed by atoms with Gasteiger partial charge in [0.05, 0.1) is 21.3 Å². The second-order valence-electron chi connectivity index (χ2n) is 7.16. The SMILES string of the molecule is CCc1cc(OCC2CO2)c(S(=O)(=O)c2ccccc2)cc1S(=O)(=O)c1ccccc1. The van der Waals surface area contributed by atoms with Gasteiger partial charge in [-0.3, -0.25) is 0 Å². The van der Waals surface area contributed by atoms with Crippen molar-refractivity contribution in [2.24, 2.45) is 0 Å². The first-order valence-electron chi connectivity index (χ1n) is 9.85. The van der Waals surface area contributed by atoms with Gasteiger partial charge in [0.2, 0.25) is 19.7 Å². The van der Waals surface area contributed by atoms with Crippen molar-refractivity contribution >= 4 is 19.7 Å². The topological polar surface area (TPSA) is 90.0 Å². The van der Waals surface area contributed by atoms with E-state index in [9.17, 15) is 16.8 Å². The minimum atomic E-state index is -4.02. The van der Waals surface area contributed by atoms with Crippen molar-refractivity contribution in [1.29, 1.82) is 0 Å². The number of hydrogen-bond acceptors (Lipinski definition) is 6. The molecule has 1 heterocycles. The molecule has 162 valence electrons. The molecular formula is C23H22O6S2. The van der Waals surface area contributed by atoms with E-state index >= 15 is 0 Å². The Bertz CT molecular complexity index is 1280. The molecule has 3 aromatic rings. The van der Waals surface area contributed by atoms with Gasteiger partial charge in [-0.05, 0) is 48.4 Å². The van der Waals surface area contributed by atoms with Gasteiger partial charge in [0.15, 0.2) is 0 Å². The largest absolute Gasteiger partial charge is 0.489 e. The summed E-state index contributed by atoms with van der Waals surface area (Å²) in [7, 11) is -7.94. The zero-order valence-electron chi connectivity index (χ0n) is 16.9. The molecule has 3 aromatic carbocycles. The Morgan fingerprint density at radius 2 is 1.35 bits per heavy atom. The van der Waals surface area contributed by atoms with Crippen molar-refractivity contribution in [3.8, 4) is 5.75 Å². The maximum atomic E-state index is 13.4. The van der Waals surface area contributed by atoms with E-state index in [0.29, 0.717) is 18.6 Å². The maximum absolute atomic E-state index is 13.4. The van der Waals surface area contributed by atoms with Crippen molar-refractivity contribution in [2.75, 3.05) is 13.2 Å². The molecule has 0 N–H and O–H groups in total. The molecule has 4 rings (SSSR count). The molecule has 31 heavy (non-hydrogen) atoms. The Balaban J connectivity index is 1.92. The molecule has 1 aliphatic rings. The van der Waals surface area contributed by atoms with Crippen LogP contribution >= 0.6 is 0 Å². The monoisotopic (exact) mass is 458 g/mol. The van der Waals surface area contributed by atoms with E-state index in [1.165, 1.54) is 36.4 Å². The quantitative estimate of drug-likeness (QED) is 0.478. The zero-order valence-corrected chi connectivity index (χ0v) is 18.5. The van der Waals surface area contributed by atoms with Crippen LogP contribution in [0.3, 0.4) is 0 Å². The van der Waals surface area contributed by atoms with Gasteiger partial charge in [-0.25, -0.2) is 16.8 Å². The lowest BCUT2D eigenvalue weighted by molar-refractivity contribution is 0.257. The Kier molecular flexibility index (Phi) is 5.88. The molecule has 8 heteroatoms. The summed E-state index contributed by atoms with van der Waals surface area (Å²) in [5.41, 5.74) is 0.489. The molecule has 1 saturated heterocycles. The lowest BCUT2D eigenvalue weighted by atomic mass is 10.1. The Labute approximate surface area is 182 Å². The highest BCUT2D eigenvalue weighted by atomic mass is 32.2. The summed E-state index contributed by atoms with van der Waals surface area (Å²) < 4.78 is 64.5. The van der Waals surface area contributed by atoms with Crippen molar-refractivity contribution in [1.82, 2.24) is 0 Å². The third kappa shape index (κ3) is 4.37. The number of sulfone groups is 2. The Morgan fingerprint density at radius 3 is 1.84 bits per heavy atom. The molecule has 1 aliphatic heterocycles. The summed E-state index contributed by atoms with van der Waals surface area (Å²) in [5, 5.41) is 0. The minimum Gasteiger partial charge on any atom is -0.489 e. The summed E-state index contributed by atoms with van der Waals surface area (Å²) in [6.07, 6.45) is 0.314. The van der Waals surface area contributed by atoms with Gasteiger partial charge in [-0.15, -0.1) is 0 Å². The molecular weight excluding hydrogens is 436 g/mol. The van der Waals surface area contributed by atoms with Gasteiger partial charge in [0, 0.05) is 0 Å². The number of rotatable bonds is 8. The highest BCUT2D eigenvalue weighted by Crippen LogP contribution is 2.36. The second kappa shape index (κ2) is 8.45. The normalized spacial score (nSPS) is 16.1. The molecule has 0 aliphatic carbocycles.